The van der Waals surface area contributed by atoms with E-state index in [-0.39, 0.29) is 0 Å². The molecule has 0 radical (unpaired) electrons. The highest BCUT2D eigenvalue weighted by Crippen LogP contribution is 2.28. The van der Waals surface area contributed by atoms with Gasteiger partial charge in [-0.1, -0.05) is 15.9 Å². The summed E-state index contributed by atoms with van der Waals surface area (Å²) in [6, 6.07) is 6.36. The Morgan fingerprint density at radius 2 is 2.06 bits per heavy atom. The molecule has 0 saturated carbocycles. The summed E-state index contributed by atoms with van der Waals surface area (Å²) in [5.41, 5.74) is 2.42. The molecule has 1 saturated heterocycles. The van der Waals surface area contributed by atoms with Crippen LogP contribution in [0.5, 0.6) is 0 Å². The fourth-order valence-corrected chi connectivity index (χ4v) is 2.61. The summed E-state index contributed by atoms with van der Waals surface area (Å²) in [4.78, 5) is 2.14. The third-order valence-electron chi connectivity index (χ3n) is 3.36. The third kappa shape index (κ3) is 3.62. The van der Waals surface area contributed by atoms with Crippen LogP contribution in [0.1, 0.15) is 12.8 Å². The molecule has 0 amide bonds. The molecule has 0 unspecified atom stereocenters. The van der Waals surface area contributed by atoms with Crippen molar-refractivity contribution in [2.45, 2.75) is 12.8 Å². The maximum Gasteiger partial charge on any atom is 0.0597 e. The number of ether oxygens (including phenoxy) is 1. The fourth-order valence-electron chi connectivity index (χ4n) is 2.24. The van der Waals surface area contributed by atoms with Crippen molar-refractivity contribution in [3.63, 3.8) is 0 Å². The summed E-state index contributed by atoms with van der Waals surface area (Å²) in [5.74, 6) is 0.729. The quantitative estimate of drug-likeness (QED) is 0.922. The lowest BCUT2D eigenvalue weighted by atomic mass is 10.0. The first-order valence-corrected chi connectivity index (χ1v) is 7.24. The molecule has 4 heteroatoms. The fraction of sp³-hybridized carbons (Fsp3) is 0.571. The molecule has 1 heterocycles. The van der Waals surface area contributed by atoms with Crippen molar-refractivity contribution in [1.82, 2.24) is 0 Å². The van der Waals surface area contributed by atoms with Gasteiger partial charge in [-0.2, -0.15) is 0 Å². The minimum atomic E-state index is 0.729. The number of halogens is 1. The molecule has 0 aliphatic carbocycles. The summed E-state index contributed by atoms with van der Waals surface area (Å²) in [6.45, 7) is 2.84. The van der Waals surface area contributed by atoms with E-state index >= 15 is 0 Å². The lowest BCUT2D eigenvalue weighted by molar-refractivity contribution is 0.0699. The second-order valence-electron chi connectivity index (χ2n) is 4.99. The van der Waals surface area contributed by atoms with Crippen molar-refractivity contribution in [3.05, 3.63) is 22.7 Å². The van der Waals surface area contributed by atoms with Gasteiger partial charge in [0.1, 0.15) is 0 Å². The normalized spacial score (nSPS) is 16.6. The molecule has 100 valence electrons. The lowest BCUT2D eigenvalue weighted by Crippen LogP contribution is -2.23. The molecule has 1 aliphatic rings. The zero-order valence-electron chi connectivity index (χ0n) is 11.1. The summed E-state index contributed by atoms with van der Waals surface area (Å²) in [5, 5.41) is 3.58. The molecule has 1 aliphatic heterocycles. The number of hydrogen-bond acceptors (Lipinski definition) is 3. The van der Waals surface area contributed by atoms with Crippen molar-refractivity contribution in [3.8, 4) is 0 Å². The summed E-state index contributed by atoms with van der Waals surface area (Å²) in [7, 11) is 4.14. The Kier molecular flexibility index (Phi) is 4.89. The maximum absolute atomic E-state index is 5.39. The number of hydrogen-bond donors (Lipinski definition) is 1. The number of anilines is 2. The van der Waals surface area contributed by atoms with Crippen molar-refractivity contribution in [2.75, 3.05) is 44.1 Å². The Hall–Kier alpha value is -0.740. The molecular weight excluding hydrogens is 292 g/mol. The van der Waals surface area contributed by atoms with Gasteiger partial charge in [0, 0.05) is 38.3 Å². The monoisotopic (exact) mass is 312 g/mol. The minimum absolute atomic E-state index is 0.729. The Bertz CT molecular complexity index is 389. The van der Waals surface area contributed by atoms with Gasteiger partial charge in [-0.25, -0.2) is 0 Å². The average molecular weight is 313 g/mol. The molecule has 2 rings (SSSR count). The number of rotatable bonds is 4. The van der Waals surface area contributed by atoms with Gasteiger partial charge in [0.15, 0.2) is 0 Å². The number of nitrogens with zero attached hydrogens (tertiary/aromatic N) is 1. The molecule has 18 heavy (non-hydrogen) atoms. The Balaban J connectivity index is 2.00. The van der Waals surface area contributed by atoms with Gasteiger partial charge in [0.25, 0.3) is 0 Å². The minimum Gasteiger partial charge on any atom is -0.383 e. The zero-order chi connectivity index (χ0) is 13.0. The van der Waals surface area contributed by atoms with E-state index in [1.807, 2.05) is 0 Å². The Morgan fingerprint density at radius 3 is 2.72 bits per heavy atom. The highest BCUT2D eigenvalue weighted by molar-refractivity contribution is 9.10. The van der Waals surface area contributed by atoms with E-state index in [0.29, 0.717) is 0 Å². The number of benzene rings is 1. The van der Waals surface area contributed by atoms with Crippen LogP contribution >= 0.6 is 15.9 Å². The molecule has 0 aromatic heterocycles. The van der Waals surface area contributed by atoms with Gasteiger partial charge in [0.05, 0.1) is 11.4 Å². The topological polar surface area (TPSA) is 24.5 Å². The van der Waals surface area contributed by atoms with Crippen LogP contribution in [0.25, 0.3) is 0 Å². The van der Waals surface area contributed by atoms with Crippen LogP contribution in [0.15, 0.2) is 22.7 Å². The molecule has 0 bridgehead atoms. The van der Waals surface area contributed by atoms with Crippen LogP contribution in [0.2, 0.25) is 0 Å². The van der Waals surface area contributed by atoms with Crippen molar-refractivity contribution < 1.29 is 4.74 Å². The molecule has 0 atom stereocenters. The van der Waals surface area contributed by atoms with Crippen LogP contribution < -0.4 is 10.2 Å². The molecule has 3 nitrogen and oxygen atoms in total. The van der Waals surface area contributed by atoms with Crippen LogP contribution in [0.4, 0.5) is 11.4 Å². The van der Waals surface area contributed by atoms with Crippen LogP contribution in [-0.2, 0) is 4.74 Å². The molecule has 0 spiro atoms. The van der Waals surface area contributed by atoms with Crippen LogP contribution in [0.3, 0.4) is 0 Å². The van der Waals surface area contributed by atoms with E-state index in [1.165, 1.54) is 11.4 Å². The van der Waals surface area contributed by atoms with Crippen molar-refractivity contribution in [1.29, 1.82) is 0 Å². The van der Waals surface area contributed by atoms with Gasteiger partial charge < -0.3 is 15.0 Å². The van der Waals surface area contributed by atoms with Gasteiger partial charge in [0.2, 0.25) is 0 Å². The largest absolute Gasteiger partial charge is 0.383 e. The first-order valence-electron chi connectivity index (χ1n) is 6.45. The smallest absolute Gasteiger partial charge is 0.0597 e. The molecule has 1 fully saturated rings. The summed E-state index contributed by atoms with van der Waals surface area (Å²) >= 11 is 3.53. The van der Waals surface area contributed by atoms with Gasteiger partial charge in [-0.3, -0.25) is 0 Å². The van der Waals surface area contributed by atoms with Crippen molar-refractivity contribution >= 4 is 27.3 Å². The SMILES string of the molecule is CN(C)c1ccc(Br)cc1NCC1CCOCC1. The van der Waals surface area contributed by atoms with Crippen LogP contribution in [-0.4, -0.2) is 33.9 Å². The highest BCUT2D eigenvalue weighted by Gasteiger charge is 2.14. The van der Waals surface area contributed by atoms with Gasteiger partial charge in [-0.05, 0) is 37.0 Å². The van der Waals surface area contributed by atoms with Gasteiger partial charge in [-0.15, -0.1) is 0 Å². The summed E-state index contributed by atoms with van der Waals surface area (Å²) < 4.78 is 6.50. The highest BCUT2D eigenvalue weighted by atomic mass is 79.9. The standard InChI is InChI=1S/C14H21BrN2O/c1-17(2)14-4-3-12(15)9-13(14)16-10-11-5-7-18-8-6-11/h3-4,9,11,16H,5-8,10H2,1-2H3. The number of nitrogens with one attached hydrogen (secondary N) is 1. The Labute approximate surface area is 118 Å². The zero-order valence-corrected chi connectivity index (χ0v) is 12.7. The molecule has 1 aromatic rings. The van der Waals surface area contributed by atoms with E-state index in [2.05, 4.69) is 58.4 Å². The maximum atomic E-state index is 5.39. The summed E-state index contributed by atoms with van der Waals surface area (Å²) in [6.07, 6.45) is 2.33. The Morgan fingerprint density at radius 1 is 1.33 bits per heavy atom. The first kappa shape index (κ1) is 13.7. The second-order valence-corrected chi connectivity index (χ2v) is 5.91. The van der Waals surface area contributed by atoms with E-state index in [9.17, 15) is 0 Å². The van der Waals surface area contributed by atoms with Gasteiger partial charge >= 0.3 is 0 Å². The molecule has 1 N–H and O–H groups in total. The van der Waals surface area contributed by atoms with Crippen LogP contribution in [0, 0.1) is 5.92 Å². The second kappa shape index (κ2) is 6.43. The van der Waals surface area contributed by atoms with E-state index in [1.54, 1.807) is 0 Å². The van der Waals surface area contributed by atoms with E-state index in [0.717, 1.165) is 43.0 Å². The first-order chi connectivity index (χ1) is 8.66. The molecule has 1 aromatic carbocycles. The van der Waals surface area contributed by atoms with Crippen molar-refractivity contribution in [2.24, 2.45) is 5.92 Å². The predicted molar refractivity (Wildman–Crippen MR) is 80.5 cm³/mol. The predicted octanol–water partition coefficient (Wildman–Crippen LogP) is 3.35. The third-order valence-corrected chi connectivity index (χ3v) is 3.86. The lowest BCUT2D eigenvalue weighted by Gasteiger charge is -2.24. The van der Waals surface area contributed by atoms with E-state index < -0.39 is 0 Å². The molecular formula is C14H21BrN2O. The average Bonchev–Trinajstić information content (AvgIpc) is 2.37. The van der Waals surface area contributed by atoms with E-state index in [4.69, 9.17) is 4.74 Å².